The third-order valence-corrected chi connectivity index (χ3v) is 5.32. The molecule has 0 saturated carbocycles. The van der Waals surface area contributed by atoms with Gasteiger partial charge in [0.25, 0.3) is 5.91 Å². The number of amides is 1. The lowest BCUT2D eigenvalue weighted by Gasteiger charge is -2.33. The topological polar surface area (TPSA) is 73.9 Å². The van der Waals surface area contributed by atoms with E-state index in [1.54, 1.807) is 30.6 Å². The van der Waals surface area contributed by atoms with Crippen LogP contribution in [0.1, 0.15) is 41.7 Å². The summed E-state index contributed by atoms with van der Waals surface area (Å²) >= 11 is 0. The molecule has 1 amide bonds. The van der Waals surface area contributed by atoms with Crippen molar-refractivity contribution in [2.45, 2.75) is 25.7 Å². The summed E-state index contributed by atoms with van der Waals surface area (Å²) < 4.78 is 13.3. The number of piperidine rings is 1. The number of pyridine rings is 1. The van der Waals surface area contributed by atoms with Gasteiger partial charge in [0.15, 0.2) is 0 Å². The first-order chi connectivity index (χ1) is 14.2. The SMILES string of the molecule is CCNC(=O)c1ccnc(N2CCC[C@@H](c3[nH]ncc3-c3ccc(F)cc3)C2)c1. The van der Waals surface area contributed by atoms with Crippen molar-refractivity contribution in [1.29, 1.82) is 0 Å². The molecule has 1 aliphatic rings. The van der Waals surface area contributed by atoms with Gasteiger partial charge in [-0.25, -0.2) is 9.37 Å². The van der Waals surface area contributed by atoms with Gasteiger partial charge in [-0.15, -0.1) is 0 Å². The average molecular weight is 393 g/mol. The second kappa shape index (κ2) is 8.43. The Balaban J connectivity index is 1.56. The molecule has 1 atom stereocenters. The van der Waals surface area contributed by atoms with Crippen LogP contribution in [0.3, 0.4) is 0 Å². The summed E-state index contributed by atoms with van der Waals surface area (Å²) in [5.74, 6) is 0.722. The first-order valence-corrected chi connectivity index (χ1v) is 9.94. The van der Waals surface area contributed by atoms with Crippen molar-refractivity contribution in [2.24, 2.45) is 0 Å². The lowest BCUT2D eigenvalue weighted by atomic mass is 9.90. The highest BCUT2D eigenvalue weighted by Gasteiger charge is 2.26. The summed E-state index contributed by atoms with van der Waals surface area (Å²) in [6.45, 7) is 4.16. The molecule has 6 nitrogen and oxygen atoms in total. The molecule has 0 bridgehead atoms. The van der Waals surface area contributed by atoms with Crippen molar-refractivity contribution in [3.8, 4) is 11.1 Å². The van der Waals surface area contributed by atoms with E-state index in [9.17, 15) is 9.18 Å². The van der Waals surface area contributed by atoms with Gasteiger partial charge in [-0.2, -0.15) is 5.10 Å². The summed E-state index contributed by atoms with van der Waals surface area (Å²) in [5, 5.41) is 10.2. The number of halogens is 1. The number of aromatic amines is 1. The van der Waals surface area contributed by atoms with Crippen molar-refractivity contribution < 1.29 is 9.18 Å². The number of benzene rings is 1. The number of carbonyl (C=O) groups excluding carboxylic acids is 1. The second-order valence-electron chi connectivity index (χ2n) is 7.25. The van der Waals surface area contributed by atoms with E-state index in [0.717, 1.165) is 48.6 Å². The van der Waals surface area contributed by atoms with Crippen LogP contribution in [0, 0.1) is 5.82 Å². The molecule has 2 aromatic heterocycles. The maximum Gasteiger partial charge on any atom is 0.251 e. The van der Waals surface area contributed by atoms with Gasteiger partial charge in [-0.05, 0) is 49.6 Å². The fourth-order valence-electron chi connectivity index (χ4n) is 3.88. The molecule has 150 valence electrons. The van der Waals surface area contributed by atoms with Gasteiger partial charge in [0.2, 0.25) is 0 Å². The minimum atomic E-state index is -0.249. The number of aromatic nitrogens is 3. The van der Waals surface area contributed by atoms with E-state index in [0.29, 0.717) is 12.1 Å². The lowest BCUT2D eigenvalue weighted by molar-refractivity contribution is 0.0955. The number of anilines is 1. The summed E-state index contributed by atoms with van der Waals surface area (Å²) in [7, 11) is 0. The largest absolute Gasteiger partial charge is 0.356 e. The van der Waals surface area contributed by atoms with Gasteiger partial charge in [0.1, 0.15) is 11.6 Å². The zero-order valence-electron chi connectivity index (χ0n) is 16.4. The number of nitrogens with zero attached hydrogens (tertiary/aromatic N) is 3. The van der Waals surface area contributed by atoms with Crippen LogP contribution in [0.2, 0.25) is 0 Å². The molecule has 4 rings (SSSR count). The summed E-state index contributed by atoms with van der Waals surface area (Å²) in [5.41, 5.74) is 3.62. The molecule has 1 aromatic carbocycles. The van der Waals surface area contributed by atoms with Crippen LogP contribution in [0.25, 0.3) is 11.1 Å². The zero-order valence-corrected chi connectivity index (χ0v) is 16.4. The molecule has 3 heterocycles. The molecule has 0 aliphatic carbocycles. The molecular formula is C22H24FN5O. The van der Waals surface area contributed by atoms with Crippen LogP contribution in [0.4, 0.5) is 10.2 Å². The molecule has 3 aromatic rings. The van der Waals surface area contributed by atoms with Gasteiger partial charge in [-0.1, -0.05) is 12.1 Å². The van der Waals surface area contributed by atoms with Gasteiger partial charge >= 0.3 is 0 Å². The van der Waals surface area contributed by atoms with Crippen LogP contribution in [0.5, 0.6) is 0 Å². The van der Waals surface area contributed by atoms with E-state index in [1.807, 2.05) is 13.0 Å². The van der Waals surface area contributed by atoms with E-state index in [-0.39, 0.29) is 17.6 Å². The van der Waals surface area contributed by atoms with Crippen LogP contribution >= 0.6 is 0 Å². The first kappa shape index (κ1) is 19.1. The van der Waals surface area contributed by atoms with Crippen LogP contribution in [0.15, 0.2) is 48.8 Å². The van der Waals surface area contributed by atoms with Crippen molar-refractivity contribution >= 4 is 11.7 Å². The van der Waals surface area contributed by atoms with Crippen LogP contribution in [-0.4, -0.2) is 40.7 Å². The molecule has 1 aliphatic heterocycles. The van der Waals surface area contributed by atoms with Crippen molar-refractivity contribution in [3.63, 3.8) is 0 Å². The van der Waals surface area contributed by atoms with Gasteiger partial charge in [0, 0.05) is 48.6 Å². The molecule has 0 spiro atoms. The average Bonchev–Trinajstić information content (AvgIpc) is 3.25. The number of nitrogens with one attached hydrogen (secondary N) is 2. The van der Waals surface area contributed by atoms with E-state index in [1.165, 1.54) is 12.1 Å². The highest BCUT2D eigenvalue weighted by molar-refractivity contribution is 5.94. The first-order valence-electron chi connectivity index (χ1n) is 9.94. The molecular weight excluding hydrogens is 369 g/mol. The minimum Gasteiger partial charge on any atom is -0.356 e. The van der Waals surface area contributed by atoms with Crippen molar-refractivity contribution in [2.75, 3.05) is 24.5 Å². The number of H-pyrrole nitrogens is 1. The Labute approximate surface area is 169 Å². The molecule has 29 heavy (non-hydrogen) atoms. The molecule has 1 saturated heterocycles. The predicted molar refractivity (Wildman–Crippen MR) is 110 cm³/mol. The third kappa shape index (κ3) is 4.13. The predicted octanol–water partition coefficient (Wildman–Crippen LogP) is 3.74. The Kier molecular flexibility index (Phi) is 5.55. The minimum absolute atomic E-state index is 0.0862. The zero-order chi connectivity index (χ0) is 20.2. The number of carbonyl (C=O) groups is 1. The van der Waals surface area contributed by atoms with E-state index >= 15 is 0 Å². The maximum atomic E-state index is 13.3. The Morgan fingerprint density at radius 2 is 2.14 bits per heavy atom. The van der Waals surface area contributed by atoms with E-state index in [2.05, 4.69) is 25.4 Å². The number of hydrogen-bond donors (Lipinski definition) is 2. The summed E-state index contributed by atoms with van der Waals surface area (Å²) in [6, 6.07) is 10.1. The Morgan fingerprint density at radius 1 is 1.31 bits per heavy atom. The summed E-state index contributed by atoms with van der Waals surface area (Å²) in [6.07, 6.45) is 5.53. The third-order valence-electron chi connectivity index (χ3n) is 5.32. The highest BCUT2D eigenvalue weighted by atomic mass is 19.1. The van der Waals surface area contributed by atoms with Crippen molar-refractivity contribution in [3.05, 3.63) is 65.9 Å². The fourth-order valence-corrected chi connectivity index (χ4v) is 3.88. The number of hydrogen-bond acceptors (Lipinski definition) is 4. The van der Waals surface area contributed by atoms with Gasteiger partial charge in [0.05, 0.1) is 6.20 Å². The summed E-state index contributed by atoms with van der Waals surface area (Å²) in [4.78, 5) is 18.9. The fraction of sp³-hybridized carbons (Fsp3) is 0.318. The number of rotatable bonds is 5. The standard InChI is InChI=1S/C22H24FN5O/c1-2-24-22(29)16-9-10-25-20(12-16)28-11-3-4-17(14-28)21-19(13-26-27-21)15-5-7-18(23)8-6-15/h5-10,12-13,17H,2-4,11,14H2,1H3,(H,24,29)(H,26,27)/t17-/m1/s1. The van der Waals surface area contributed by atoms with Crippen LogP contribution < -0.4 is 10.2 Å². The Morgan fingerprint density at radius 3 is 2.93 bits per heavy atom. The molecule has 2 N–H and O–H groups in total. The van der Waals surface area contributed by atoms with Gasteiger partial charge < -0.3 is 10.2 Å². The van der Waals surface area contributed by atoms with E-state index < -0.39 is 0 Å². The Hall–Kier alpha value is -3.22. The monoisotopic (exact) mass is 393 g/mol. The van der Waals surface area contributed by atoms with Crippen molar-refractivity contribution in [1.82, 2.24) is 20.5 Å². The normalized spacial score (nSPS) is 16.6. The maximum absolute atomic E-state index is 13.3. The highest BCUT2D eigenvalue weighted by Crippen LogP contribution is 2.34. The molecule has 7 heteroatoms. The van der Waals surface area contributed by atoms with Gasteiger partial charge in [-0.3, -0.25) is 9.89 Å². The van der Waals surface area contributed by atoms with E-state index in [4.69, 9.17) is 0 Å². The quantitative estimate of drug-likeness (QED) is 0.692. The van der Waals surface area contributed by atoms with Crippen LogP contribution in [-0.2, 0) is 0 Å². The Bertz CT molecular complexity index is 985. The lowest BCUT2D eigenvalue weighted by Crippen LogP contribution is -2.35. The molecule has 0 radical (unpaired) electrons. The molecule has 1 fully saturated rings. The second-order valence-corrected chi connectivity index (χ2v) is 7.25. The smallest absolute Gasteiger partial charge is 0.251 e. The molecule has 0 unspecified atom stereocenters.